The lowest BCUT2D eigenvalue weighted by Crippen LogP contribution is -2.60. The summed E-state index contributed by atoms with van der Waals surface area (Å²) in [6.07, 6.45) is 0.898. The number of rotatable bonds is 6. The fourth-order valence-corrected chi connectivity index (χ4v) is 3.03. The minimum atomic E-state index is -0.254. The van der Waals surface area contributed by atoms with Crippen LogP contribution in [0.4, 0.5) is 9.18 Å². The Morgan fingerprint density at radius 2 is 1.96 bits per heavy atom. The maximum atomic E-state index is 12.8. The molecule has 0 radical (unpaired) electrons. The first kappa shape index (κ1) is 18.5. The molecule has 1 aliphatic rings. The summed E-state index contributed by atoms with van der Waals surface area (Å²) in [5.41, 5.74) is 0. The summed E-state index contributed by atoms with van der Waals surface area (Å²) in [7, 11) is 0. The lowest BCUT2D eigenvalue weighted by Gasteiger charge is -2.44. The number of piperazine rings is 1. The molecule has 1 N–H and O–H groups in total. The highest BCUT2D eigenvalue weighted by Gasteiger charge is 2.31. The third-order valence-corrected chi connectivity index (χ3v) is 4.38. The molecule has 0 unspecified atom stereocenters. The Morgan fingerprint density at radius 3 is 2.62 bits per heavy atom. The number of carbonyl (C=O) groups excluding carboxylic acids is 1. The van der Waals surface area contributed by atoms with Crippen molar-refractivity contribution in [2.45, 2.75) is 39.3 Å². The Labute approximate surface area is 143 Å². The van der Waals surface area contributed by atoms with Crippen LogP contribution in [-0.2, 0) is 0 Å². The molecular weight excluding hydrogens is 309 g/mol. The molecule has 1 aromatic carbocycles. The van der Waals surface area contributed by atoms with Crippen LogP contribution in [0.5, 0.6) is 5.75 Å². The Balaban J connectivity index is 1.73. The van der Waals surface area contributed by atoms with E-state index in [2.05, 4.69) is 24.1 Å². The molecule has 1 aromatic rings. The summed E-state index contributed by atoms with van der Waals surface area (Å²) in [6.45, 7) is 9.96. The van der Waals surface area contributed by atoms with E-state index in [1.54, 1.807) is 12.1 Å². The fourth-order valence-electron chi connectivity index (χ4n) is 3.03. The van der Waals surface area contributed by atoms with Crippen LogP contribution in [0.15, 0.2) is 24.3 Å². The molecule has 0 bridgehead atoms. The average molecular weight is 337 g/mol. The molecule has 0 spiro atoms. The van der Waals surface area contributed by atoms with Gasteiger partial charge in [0.25, 0.3) is 0 Å². The molecule has 1 heterocycles. The third kappa shape index (κ3) is 5.09. The number of benzene rings is 1. The smallest absolute Gasteiger partial charge is 0.317 e. The van der Waals surface area contributed by atoms with E-state index in [0.29, 0.717) is 24.9 Å². The van der Waals surface area contributed by atoms with Crippen molar-refractivity contribution in [3.8, 4) is 5.75 Å². The third-order valence-electron chi connectivity index (χ3n) is 4.38. The van der Waals surface area contributed by atoms with Crippen LogP contribution in [-0.4, -0.2) is 60.7 Å². The number of amides is 2. The second kappa shape index (κ2) is 8.87. The van der Waals surface area contributed by atoms with Gasteiger partial charge in [-0.05, 0) is 51.5 Å². The van der Waals surface area contributed by atoms with E-state index in [9.17, 15) is 9.18 Å². The normalized spacial score (nSPS) is 21.6. The zero-order valence-corrected chi connectivity index (χ0v) is 14.8. The van der Waals surface area contributed by atoms with Gasteiger partial charge in [0.1, 0.15) is 11.6 Å². The van der Waals surface area contributed by atoms with Crippen LogP contribution >= 0.6 is 0 Å². The van der Waals surface area contributed by atoms with Crippen LogP contribution in [0, 0.1) is 5.82 Å². The zero-order chi connectivity index (χ0) is 17.5. The highest BCUT2D eigenvalue weighted by molar-refractivity contribution is 5.74. The predicted molar refractivity (Wildman–Crippen MR) is 92.8 cm³/mol. The van der Waals surface area contributed by atoms with E-state index >= 15 is 0 Å². The first-order valence-corrected chi connectivity index (χ1v) is 8.68. The molecule has 134 valence electrons. The number of urea groups is 1. The van der Waals surface area contributed by atoms with Crippen LogP contribution in [0.1, 0.15) is 27.2 Å². The second-order valence-corrected chi connectivity index (χ2v) is 6.34. The van der Waals surface area contributed by atoms with E-state index in [-0.39, 0.29) is 17.9 Å². The monoisotopic (exact) mass is 337 g/mol. The van der Waals surface area contributed by atoms with Gasteiger partial charge in [0, 0.05) is 38.3 Å². The molecule has 24 heavy (non-hydrogen) atoms. The van der Waals surface area contributed by atoms with Crippen molar-refractivity contribution in [2.24, 2.45) is 0 Å². The molecule has 0 saturated carbocycles. The standard InChI is InChI=1S/C18H28FN3O2/c1-4-20-18(23)22-13-14(2)21(12-15(22)3)10-5-11-24-17-8-6-16(19)7-9-17/h6-9,14-15H,4-5,10-13H2,1-3H3,(H,20,23)/t14-,15+/m0/s1. The summed E-state index contributed by atoms with van der Waals surface area (Å²) in [5.74, 6) is 0.439. The molecule has 5 nitrogen and oxygen atoms in total. The van der Waals surface area contributed by atoms with Gasteiger partial charge in [-0.25, -0.2) is 9.18 Å². The Bertz CT molecular complexity index is 524. The van der Waals surface area contributed by atoms with Crippen molar-refractivity contribution >= 4 is 6.03 Å². The van der Waals surface area contributed by atoms with E-state index < -0.39 is 0 Å². The highest BCUT2D eigenvalue weighted by Crippen LogP contribution is 2.16. The Morgan fingerprint density at radius 1 is 1.25 bits per heavy atom. The lowest BCUT2D eigenvalue weighted by molar-refractivity contribution is 0.0600. The van der Waals surface area contributed by atoms with Crippen molar-refractivity contribution in [2.75, 3.05) is 32.8 Å². The lowest BCUT2D eigenvalue weighted by atomic mass is 10.1. The molecule has 2 rings (SSSR count). The van der Waals surface area contributed by atoms with Gasteiger partial charge in [-0.1, -0.05) is 0 Å². The summed E-state index contributed by atoms with van der Waals surface area (Å²) in [6, 6.07) is 6.65. The van der Waals surface area contributed by atoms with Crippen molar-refractivity contribution < 1.29 is 13.9 Å². The Kier molecular flexibility index (Phi) is 6.85. The van der Waals surface area contributed by atoms with Gasteiger partial charge in [0.15, 0.2) is 0 Å². The van der Waals surface area contributed by atoms with Gasteiger partial charge in [0.2, 0.25) is 0 Å². The number of ether oxygens (including phenoxy) is 1. The number of nitrogens with one attached hydrogen (secondary N) is 1. The number of nitrogens with zero attached hydrogens (tertiary/aromatic N) is 2. The molecular formula is C18H28FN3O2. The SMILES string of the molecule is CCNC(=O)N1C[C@H](C)N(CCCOc2ccc(F)cc2)C[C@H]1C. The first-order chi connectivity index (χ1) is 11.5. The summed E-state index contributed by atoms with van der Waals surface area (Å²) < 4.78 is 18.5. The van der Waals surface area contributed by atoms with Gasteiger partial charge < -0.3 is 15.0 Å². The summed E-state index contributed by atoms with van der Waals surface area (Å²) in [5, 5.41) is 2.88. The van der Waals surface area contributed by atoms with E-state index in [1.807, 2.05) is 11.8 Å². The van der Waals surface area contributed by atoms with Gasteiger partial charge >= 0.3 is 6.03 Å². The van der Waals surface area contributed by atoms with Gasteiger partial charge in [-0.2, -0.15) is 0 Å². The largest absolute Gasteiger partial charge is 0.494 e. The second-order valence-electron chi connectivity index (χ2n) is 6.34. The van der Waals surface area contributed by atoms with Crippen molar-refractivity contribution in [1.82, 2.24) is 15.1 Å². The molecule has 2 atom stereocenters. The van der Waals surface area contributed by atoms with Crippen molar-refractivity contribution in [3.05, 3.63) is 30.1 Å². The molecule has 1 saturated heterocycles. The van der Waals surface area contributed by atoms with E-state index in [0.717, 1.165) is 26.1 Å². The number of hydrogen-bond donors (Lipinski definition) is 1. The van der Waals surface area contributed by atoms with Gasteiger partial charge in [0.05, 0.1) is 6.61 Å². The maximum Gasteiger partial charge on any atom is 0.317 e. The number of carbonyl (C=O) groups is 1. The average Bonchev–Trinajstić information content (AvgIpc) is 2.56. The van der Waals surface area contributed by atoms with Crippen LogP contribution < -0.4 is 10.1 Å². The highest BCUT2D eigenvalue weighted by atomic mass is 19.1. The predicted octanol–water partition coefficient (Wildman–Crippen LogP) is 2.72. The molecule has 1 aliphatic heterocycles. The quantitative estimate of drug-likeness (QED) is 0.812. The molecule has 1 fully saturated rings. The molecule has 2 amide bonds. The number of halogens is 1. The number of hydrogen-bond acceptors (Lipinski definition) is 3. The minimum Gasteiger partial charge on any atom is -0.494 e. The van der Waals surface area contributed by atoms with Crippen LogP contribution in [0.2, 0.25) is 0 Å². The fraction of sp³-hybridized carbons (Fsp3) is 0.611. The topological polar surface area (TPSA) is 44.8 Å². The van der Waals surface area contributed by atoms with Crippen molar-refractivity contribution in [1.29, 1.82) is 0 Å². The van der Waals surface area contributed by atoms with Crippen LogP contribution in [0.25, 0.3) is 0 Å². The molecule has 0 aromatic heterocycles. The van der Waals surface area contributed by atoms with Crippen molar-refractivity contribution in [3.63, 3.8) is 0 Å². The van der Waals surface area contributed by atoms with Gasteiger partial charge in [-0.3, -0.25) is 4.90 Å². The van der Waals surface area contributed by atoms with E-state index in [1.165, 1.54) is 12.1 Å². The van der Waals surface area contributed by atoms with Gasteiger partial charge in [-0.15, -0.1) is 0 Å². The summed E-state index contributed by atoms with van der Waals surface area (Å²) >= 11 is 0. The summed E-state index contributed by atoms with van der Waals surface area (Å²) in [4.78, 5) is 16.4. The van der Waals surface area contributed by atoms with E-state index in [4.69, 9.17) is 4.74 Å². The maximum absolute atomic E-state index is 12.8. The minimum absolute atomic E-state index is 0.0242. The molecule has 6 heteroatoms. The first-order valence-electron chi connectivity index (χ1n) is 8.68. The molecule has 0 aliphatic carbocycles. The Hall–Kier alpha value is -1.82. The zero-order valence-electron chi connectivity index (χ0n) is 14.8. The van der Waals surface area contributed by atoms with Crippen LogP contribution in [0.3, 0.4) is 0 Å².